The van der Waals surface area contributed by atoms with E-state index < -0.39 is 9.84 Å². The largest absolute Gasteiger partial charge is 0.373 e. The Morgan fingerprint density at radius 2 is 1.79 bits per heavy atom. The van der Waals surface area contributed by atoms with Gasteiger partial charge in [-0.1, -0.05) is 28.8 Å². The van der Waals surface area contributed by atoms with Gasteiger partial charge in [0.2, 0.25) is 0 Å². The monoisotopic (exact) mass is 282 g/mol. The van der Waals surface area contributed by atoms with E-state index in [0.29, 0.717) is 6.10 Å². The number of hydrogen-bond acceptors (Lipinski definition) is 3. The van der Waals surface area contributed by atoms with E-state index >= 15 is 0 Å². The zero-order valence-electron chi connectivity index (χ0n) is 7.99. The second-order valence-electron chi connectivity index (χ2n) is 4.17. The lowest BCUT2D eigenvalue weighted by Crippen LogP contribution is -2.27. The first-order chi connectivity index (χ1) is 6.57. The van der Waals surface area contributed by atoms with E-state index in [-0.39, 0.29) is 22.4 Å². The molecule has 1 aliphatic heterocycles. The van der Waals surface area contributed by atoms with Crippen molar-refractivity contribution in [3.8, 4) is 0 Å². The number of halogens is 1. The van der Waals surface area contributed by atoms with Gasteiger partial charge in [0.25, 0.3) is 0 Å². The molecule has 2 rings (SSSR count). The van der Waals surface area contributed by atoms with Crippen LogP contribution in [-0.4, -0.2) is 37.0 Å². The summed E-state index contributed by atoms with van der Waals surface area (Å²) < 4.78 is 28.4. The van der Waals surface area contributed by atoms with Crippen LogP contribution < -0.4 is 0 Å². The third-order valence-electron chi connectivity index (χ3n) is 2.90. The van der Waals surface area contributed by atoms with Gasteiger partial charge >= 0.3 is 0 Å². The lowest BCUT2D eigenvalue weighted by atomic mass is 10.2. The Kier molecular flexibility index (Phi) is 3.19. The van der Waals surface area contributed by atoms with Crippen LogP contribution in [0.25, 0.3) is 0 Å². The Morgan fingerprint density at radius 1 is 1.14 bits per heavy atom. The van der Waals surface area contributed by atoms with Crippen LogP contribution in [0.3, 0.4) is 0 Å². The van der Waals surface area contributed by atoms with E-state index in [4.69, 9.17) is 4.74 Å². The molecule has 1 heterocycles. The maximum absolute atomic E-state index is 11.3. The summed E-state index contributed by atoms with van der Waals surface area (Å²) in [5.74, 6) is 0.420. The molecule has 82 valence electrons. The van der Waals surface area contributed by atoms with Crippen molar-refractivity contribution in [2.24, 2.45) is 0 Å². The zero-order chi connectivity index (χ0) is 10.2. The van der Waals surface area contributed by atoms with Gasteiger partial charge in [-0.05, 0) is 12.8 Å². The normalized spacial score (nSPS) is 37.8. The Hall–Kier alpha value is 0.390. The summed E-state index contributed by atoms with van der Waals surface area (Å²) in [7, 11) is -2.86. The van der Waals surface area contributed by atoms with Crippen LogP contribution in [0.4, 0.5) is 0 Å². The minimum Gasteiger partial charge on any atom is -0.373 e. The molecule has 0 radical (unpaired) electrons. The van der Waals surface area contributed by atoms with Gasteiger partial charge in [-0.2, -0.15) is 0 Å². The van der Waals surface area contributed by atoms with Crippen LogP contribution in [0.5, 0.6) is 0 Å². The summed E-state index contributed by atoms with van der Waals surface area (Å²) >= 11 is 3.38. The summed E-state index contributed by atoms with van der Waals surface area (Å²) in [6.45, 7) is 0. The van der Waals surface area contributed by atoms with E-state index in [0.717, 1.165) is 12.8 Å². The van der Waals surface area contributed by atoms with Gasteiger partial charge in [0.15, 0.2) is 9.84 Å². The van der Waals surface area contributed by atoms with Crippen LogP contribution in [0, 0.1) is 0 Å². The maximum atomic E-state index is 11.3. The van der Waals surface area contributed by atoms with Crippen LogP contribution >= 0.6 is 15.9 Å². The molecular formula is C9H15BrO3S. The van der Waals surface area contributed by atoms with Crippen molar-refractivity contribution in [1.29, 1.82) is 0 Å². The second kappa shape index (κ2) is 4.10. The Morgan fingerprint density at radius 3 is 2.29 bits per heavy atom. The Balaban J connectivity index is 1.92. The molecule has 2 unspecified atom stereocenters. The van der Waals surface area contributed by atoms with Gasteiger partial charge < -0.3 is 4.74 Å². The highest BCUT2D eigenvalue weighted by atomic mass is 79.9. The van der Waals surface area contributed by atoms with E-state index in [9.17, 15) is 8.42 Å². The topological polar surface area (TPSA) is 43.4 Å². The van der Waals surface area contributed by atoms with Gasteiger partial charge in [-0.15, -0.1) is 0 Å². The number of hydrogen-bond donors (Lipinski definition) is 0. The van der Waals surface area contributed by atoms with Gasteiger partial charge in [-0.25, -0.2) is 8.42 Å². The average molecular weight is 283 g/mol. The highest BCUT2D eigenvalue weighted by Gasteiger charge is 2.38. The van der Waals surface area contributed by atoms with Crippen LogP contribution in [-0.2, 0) is 14.6 Å². The molecule has 3 nitrogen and oxygen atoms in total. The van der Waals surface area contributed by atoms with Crippen molar-refractivity contribution >= 4 is 25.8 Å². The molecule has 2 aliphatic rings. The first-order valence-corrected chi connectivity index (χ1v) is 7.80. The summed E-state index contributed by atoms with van der Waals surface area (Å²) in [6.07, 6.45) is 4.80. The molecule has 1 aliphatic carbocycles. The van der Waals surface area contributed by atoms with Crippen LogP contribution in [0.2, 0.25) is 0 Å². The predicted molar refractivity (Wildman–Crippen MR) is 58.5 cm³/mol. The fourth-order valence-corrected chi connectivity index (χ4v) is 5.58. The van der Waals surface area contributed by atoms with Gasteiger partial charge in [0.05, 0.1) is 28.5 Å². The molecular weight excluding hydrogens is 268 g/mol. The summed E-state index contributed by atoms with van der Waals surface area (Å²) in [4.78, 5) is -0.00639. The summed E-state index contributed by atoms with van der Waals surface area (Å²) in [5.41, 5.74) is 0. The van der Waals surface area contributed by atoms with Gasteiger partial charge in [0, 0.05) is 0 Å². The quantitative estimate of drug-likeness (QED) is 0.721. The van der Waals surface area contributed by atoms with Crippen LogP contribution in [0.1, 0.15) is 25.7 Å². The van der Waals surface area contributed by atoms with E-state index in [2.05, 4.69) is 15.9 Å². The second-order valence-corrected chi connectivity index (χ2v) is 7.50. The molecule has 0 aromatic carbocycles. The molecule has 5 heteroatoms. The minimum absolute atomic E-state index is 0.00639. The number of ether oxygens (including phenoxy) is 1. The highest BCUT2D eigenvalue weighted by molar-refractivity contribution is 9.09. The third-order valence-corrected chi connectivity index (χ3v) is 5.95. The molecule has 14 heavy (non-hydrogen) atoms. The minimum atomic E-state index is -2.86. The lowest BCUT2D eigenvalue weighted by molar-refractivity contribution is 0.0102. The van der Waals surface area contributed by atoms with Crippen molar-refractivity contribution in [1.82, 2.24) is 0 Å². The number of rotatable bonds is 2. The Labute approximate surface area is 93.3 Å². The standard InChI is InChI=1S/C9H15BrO3S/c10-8-5-14(11,12)6-9(8)13-7-3-1-2-4-7/h7-9H,1-6H2. The summed E-state index contributed by atoms with van der Waals surface area (Å²) in [5, 5.41) is 0. The molecule has 0 amide bonds. The fraction of sp³-hybridized carbons (Fsp3) is 1.00. The van der Waals surface area contributed by atoms with Crippen molar-refractivity contribution < 1.29 is 13.2 Å². The van der Waals surface area contributed by atoms with Crippen molar-refractivity contribution in [3.63, 3.8) is 0 Å². The van der Waals surface area contributed by atoms with E-state index in [1.165, 1.54) is 12.8 Å². The molecule has 0 aromatic heterocycles. The molecule has 0 N–H and O–H groups in total. The van der Waals surface area contributed by atoms with E-state index in [1.54, 1.807) is 0 Å². The maximum Gasteiger partial charge on any atom is 0.154 e. The highest BCUT2D eigenvalue weighted by Crippen LogP contribution is 2.28. The van der Waals surface area contributed by atoms with Crippen molar-refractivity contribution in [2.75, 3.05) is 11.5 Å². The SMILES string of the molecule is O=S1(=O)CC(Br)C(OC2CCCC2)C1. The molecule has 0 spiro atoms. The van der Waals surface area contributed by atoms with Crippen molar-refractivity contribution in [2.45, 2.75) is 42.7 Å². The van der Waals surface area contributed by atoms with Crippen LogP contribution in [0.15, 0.2) is 0 Å². The average Bonchev–Trinajstić information content (AvgIpc) is 2.61. The Bertz CT molecular complexity index is 295. The van der Waals surface area contributed by atoms with Crippen molar-refractivity contribution in [3.05, 3.63) is 0 Å². The molecule has 2 fully saturated rings. The first-order valence-electron chi connectivity index (χ1n) is 5.07. The molecule has 0 bridgehead atoms. The fourth-order valence-electron chi connectivity index (χ4n) is 2.17. The number of alkyl halides is 1. The molecule has 1 saturated heterocycles. The molecule has 0 aromatic rings. The first kappa shape index (κ1) is 10.9. The summed E-state index contributed by atoms with van der Waals surface area (Å²) in [6, 6.07) is 0. The molecule has 1 saturated carbocycles. The smallest absolute Gasteiger partial charge is 0.154 e. The number of sulfone groups is 1. The molecule has 2 atom stereocenters. The van der Waals surface area contributed by atoms with E-state index in [1.807, 2.05) is 0 Å². The third kappa shape index (κ3) is 2.49. The zero-order valence-corrected chi connectivity index (χ0v) is 10.4. The van der Waals surface area contributed by atoms with Gasteiger partial charge in [0.1, 0.15) is 0 Å². The predicted octanol–water partition coefficient (Wildman–Crippen LogP) is 1.51. The van der Waals surface area contributed by atoms with Gasteiger partial charge in [-0.3, -0.25) is 0 Å². The lowest BCUT2D eigenvalue weighted by Gasteiger charge is -2.18.